The van der Waals surface area contributed by atoms with Crippen molar-refractivity contribution in [1.82, 2.24) is 0 Å². The van der Waals surface area contributed by atoms with Crippen LogP contribution in [-0.4, -0.2) is 79.8 Å². The average Bonchev–Trinajstić information content (AvgIpc) is 2.40. The van der Waals surface area contributed by atoms with Gasteiger partial charge in [0.05, 0.1) is 0 Å². The monoisotopic (exact) mass is 450 g/mol. The van der Waals surface area contributed by atoms with Gasteiger partial charge >= 0.3 is 31.2 Å². The highest BCUT2D eigenvalue weighted by Gasteiger charge is 2.56. The van der Waals surface area contributed by atoms with E-state index in [1.54, 1.807) is 0 Å². The Balaban J connectivity index is 3.43. The Kier molecular flexibility index (Phi) is 7.42. The molecule has 1 saturated carbocycles. The summed E-state index contributed by atoms with van der Waals surface area (Å²) in [5.74, 6) is -1.64. The van der Waals surface area contributed by atoms with Crippen LogP contribution < -0.4 is 0 Å². The molecule has 19 heteroatoms. The van der Waals surface area contributed by atoms with Gasteiger partial charge in [0.1, 0.15) is 24.4 Å². The van der Waals surface area contributed by atoms with E-state index in [1.807, 2.05) is 0 Å². The van der Waals surface area contributed by atoms with Gasteiger partial charge in [-0.15, -0.1) is 0 Å². The Morgan fingerprint density at radius 3 is 1.46 bits per heavy atom. The predicted octanol–water partition coefficient (Wildman–Crippen LogP) is -2.65. The van der Waals surface area contributed by atoms with Gasteiger partial charge in [-0.3, -0.25) is 13.7 Å². The minimum absolute atomic E-state index is 0.936. The Bertz CT molecular complexity index is 784. The van der Waals surface area contributed by atoms with Crippen LogP contribution in [0.25, 0.3) is 0 Å². The van der Waals surface area contributed by atoms with Crippen molar-refractivity contribution in [2.75, 3.05) is 0 Å². The van der Waals surface area contributed by atoms with E-state index in [9.17, 15) is 30.4 Å². The number of hydrogen-bond donors (Lipinski definition) is 5. The van der Waals surface area contributed by atoms with E-state index >= 15 is 0 Å². The molecule has 0 radical (unpaired) electrons. The van der Waals surface area contributed by atoms with Crippen LogP contribution in [0.1, 0.15) is 6.92 Å². The molecule has 0 aromatic heterocycles. The van der Waals surface area contributed by atoms with E-state index in [-0.39, 0.29) is 0 Å². The smallest absolute Gasteiger partial charge is 0.387 e. The first-order chi connectivity index (χ1) is 11.6. The van der Waals surface area contributed by atoms with Crippen molar-refractivity contribution in [2.24, 2.45) is 5.92 Å². The van der Waals surface area contributed by atoms with Gasteiger partial charge in [-0.25, -0.2) is 17.8 Å². The summed E-state index contributed by atoms with van der Waals surface area (Å²) in [6.45, 7) is 0.936. The SMILES string of the molecule is C[C@@H]1[C@@H](OS(=O)(=O)O)[C@H](O)[C@@H](OOO)[C@@H](OS(=O)(=O)O)[C@H]1OS(=O)(=O)O. The predicted molar refractivity (Wildman–Crippen MR) is 73.0 cm³/mol. The average molecular weight is 450 g/mol. The lowest BCUT2D eigenvalue weighted by Gasteiger charge is -2.44. The molecule has 0 bridgehead atoms. The lowest BCUT2D eigenvalue weighted by molar-refractivity contribution is -0.520. The molecule has 1 fully saturated rings. The molecule has 6 atom stereocenters. The first-order valence-corrected chi connectivity index (χ1v) is 10.3. The molecule has 0 aromatic carbocycles. The summed E-state index contributed by atoms with van der Waals surface area (Å²) in [6, 6.07) is 0. The molecule has 0 aromatic rings. The minimum atomic E-state index is -5.36. The third kappa shape index (κ3) is 6.88. The summed E-state index contributed by atoms with van der Waals surface area (Å²) < 4.78 is 104. The standard InChI is InChI=1S/C7H14O16S3/c1-2-4(20-24(10,11)12)3(8)6(19-23-9)7(22-26(16,17)18)5(2)21-25(13,14)15/h2-9H,1H3,(H,10,11,12)(H,13,14,15)(H,16,17,18)/t2-,3+,4-,5+,6-,7+/m1/s1. The van der Waals surface area contributed by atoms with Gasteiger partial charge in [0.2, 0.25) is 0 Å². The molecule has 16 nitrogen and oxygen atoms in total. The van der Waals surface area contributed by atoms with E-state index in [0.717, 1.165) is 6.92 Å². The second kappa shape index (κ2) is 8.22. The zero-order chi connectivity index (χ0) is 20.5. The number of aliphatic hydroxyl groups is 1. The second-order valence-corrected chi connectivity index (χ2v) is 8.09. The molecular formula is C7H14O16S3. The van der Waals surface area contributed by atoms with E-state index in [2.05, 4.69) is 22.5 Å². The Hall–Kier alpha value is -0.550. The summed E-state index contributed by atoms with van der Waals surface area (Å²) in [6.07, 6.45) is -11.1. The topological polar surface area (TPSA) is 250 Å². The summed E-state index contributed by atoms with van der Waals surface area (Å²) in [7, 11) is -15.9. The van der Waals surface area contributed by atoms with Crippen LogP contribution in [0.5, 0.6) is 0 Å². The lowest BCUT2D eigenvalue weighted by atomic mass is 9.79. The molecule has 1 rings (SSSR count). The molecule has 0 aliphatic heterocycles. The van der Waals surface area contributed by atoms with Crippen LogP contribution in [0.15, 0.2) is 0 Å². The summed E-state index contributed by atoms with van der Waals surface area (Å²) in [5.41, 5.74) is 0. The van der Waals surface area contributed by atoms with E-state index in [1.165, 1.54) is 0 Å². The maximum absolute atomic E-state index is 11.0. The van der Waals surface area contributed by atoms with Crippen LogP contribution in [0.2, 0.25) is 0 Å². The maximum Gasteiger partial charge on any atom is 0.397 e. The summed E-state index contributed by atoms with van der Waals surface area (Å²) in [5, 5.41) is 21.6. The summed E-state index contributed by atoms with van der Waals surface area (Å²) in [4.78, 5) is 4.08. The molecule has 26 heavy (non-hydrogen) atoms. The molecule has 156 valence electrons. The van der Waals surface area contributed by atoms with Crippen molar-refractivity contribution in [3.8, 4) is 0 Å². The number of aliphatic hydroxyl groups excluding tert-OH is 1. The normalized spacial score (nSPS) is 33.9. The van der Waals surface area contributed by atoms with E-state index < -0.39 is 67.6 Å². The number of rotatable bonds is 8. The van der Waals surface area contributed by atoms with Crippen molar-refractivity contribution in [3.63, 3.8) is 0 Å². The van der Waals surface area contributed by atoms with Gasteiger partial charge in [-0.1, -0.05) is 12.0 Å². The van der Waals surface area contributed by atoms with Crippen molar-refractivity contribution in [3.05, 3.63) is 0 Å². The fourth-order valence-corrected chi connectivity index (χ4v) is 3.98. The fourth-order valence-electron chi connectivity index (χ4n) is 2.34. The van der Waals surface area contributed by atoms with Crippen molar-refractivity contribution in [2.45, 2.75) is 37.4 Å². The molecule has 0 saturated heterocycles. The molecule has 0 amide bonds. The highest BCUT2D eigenvalue weighted by Crippen LogP contribution is 2.35. The maximum atomic E-state index is 11.0. The first-order valence-electron chi connectivity index (χ1n) is 6.18. The second-order valence-electron chi connectivity index (χ2n) is 4.95. The summed E-state index contributed by atoms with van der Waals surface area (Å²) >= 11 is 0. The zero-order valence-corrected chi connectivity index (χ0v) is 14.9. The number of hydrogen-bond acceptors (Lipinski definition) is 13. The van der Waals surface area contributed by atoms with Crippen molar-refractivity contribution in [1.29, 1.82) is 0 Å². The molecule has 0 heterocycles. The molecule has 1 aliphatic rings. The van der Waals surface area contributed by atoms with Gasteiger partial charge in [0.15, 0.2) is 6.10 Å². The van der Waals surface area contributed by atoms with Gasteiger partial charge < -0.3 is 5.11 Å². The Morgan fingerprint density at radius 1 is 0.692 bits per heavy atom. The molecular weight excluding hydrogens is 436 g/mol. The Labute approximate surface area is 146 Å². The van der Waals surface area contributed by atoms with E-state index in [0.29, 0.717) is 0 Å². The van der Waals surface area contributed by atoms with Crippen LogP contribution in [0.3, 0.4) is 0 Å². The highest BCUT2D eigenvalue weighted by atomic mass is 32.3. The molecule has 0 unspecified atom stereocenters. The first kappa shape index (κ1) is 23.5. The van der Waals surface area contributed by atoms with Crippen LogP contribution >= 0.6 is 0 Å². The molecule has 0 spiro atoms. The van der Waals surface area contributed by atoms with Gasteiger partial charge in [0.25, 0.3) is 0 Å². The minimum Gasteiger partial charge on any atom is -0.387 e. The van der Waals surface area contributed by atoms with Gasteiger partial charge in [-0.05, 0) is 0 Å². The fraction of sp³-hybridized carbons (Fsp3) is 1.00. The largest absolute Gasteiger partial charge is 0.397 e. The zero-order valence-electron chi connectivity index (χ0n) is 12.4. The van der Waals surface area contributed by atoms with Crippen LogP contribution in [-0.2, 0) is 53.7 Å². The van der Waals surface area contributed by atoms with Gasteiger partial charge in [0, 0.05) is 5.92 Å². The van der Waals surface area contributed by atoms with Crippen LogP contribution in [0, 0.1) is 5.92 Å². The molecule has 1 aliphatic carbocycles. The van der Waals surface area contributed by atoms with Crippen molar-refractivity contribution < 1.29 is 71.8 Å². The quantitative estimate of drug-likeness (QED) is 0.144. The third-order valence-corrected chi connectivity index (χ3v) is 4.61. The Morgan fingerprint density at radius 2 is 1.08 bits per heavy atom. The third-order valence-electron chi connectivity index (χ3n) is 3.21. The highest BCUT2D eigenvalue weighted by molar-refractivity contribution is 7.81. The van der Waals surface area contributed by atoms with Crippen molar-refractivity contribution >= 4 is 31.2 Å². The molecule has 5 N–H and O–H groups in total. The van der Waals surface area contributed by atoms with Gasteiger partial charge in [-0.2, -0.15) is 30.1 Å². The van der Waals surface area contributed by atoms with E-state index in [4.69, 9.17) is 18.9 Å². The lowest BCUT2D eigenvalue weighted by Crippen LogP contribution is -2.64. The van der Waals surface area contributed by atoms with Crippen LogP contribution in [0.4, 0.5) is 0 Å².